The number of carbonyl (C=O) groups excluding carboxylic acids is 1. The van der Waals surface area contributed by atoms with Crippen LogP contribution in [0.2, 0.25) is 0 Å². The number of nitrogens with zero attached hydrogens (tertiary/aromatic N) is 3. The van der Waals surface area contributed by atoms with E-state index < -0.39 is 0 Å². The number of ether oxygens (including phenoxy) is 1. The molecule has 1 aromatic carbocycles. The number of anilines is 3. The number of carbonyl (C=O) groups is 1. The van der Waals surface area contributed by atoms with Crippen molar-refractivity contribution in [2.45, 2.75) is 20.0 Å². The molecule has 0 saturated carbocycles. The van der Waals surface area contributed by atoms with Crippen molar-refractivity contribution < 1.29 is 9.53 Å². The van der Waals surface area contributed by atoms with Gasteiger partial charge in [0.15, 0.2) is 5.65 Å². The molecule has 0 spiro atoms. The van der Waals surface area contributed by atoms with Crippen LogP contribution in [0.5, 0.6) is 5.75 Å². The smallest absolute Gasteiger partial charge is 0.256 e. The zero-order valence-corrected chi connectivity index (χ0v) is 14.8. The van der Waals surface area contributed by atoms with Gasteiger partial charge in [-0.15, -0.1) is 0 Å². The third-order valence-electron chi connectivity index (χ3n) is 4.18. The van der Waals surface area contributed by atoms with Crippen LogP contribution >= 0.6 is 0 Å². The molecule has 1 aliphatic rings. The van der Waals surface area contributed by atoms with E-state index in [-0.39, 0.29) is 12.0 Å². The Bertz CT molecular complexity index is 997. The first kappa shape index (κ1) is 16.2. The van der Waals surface area contributed by atoms with E-state index in [0.29, 0.717) is 23.6 Å². The van der Waals surface area contributed by atoms with Crippen molar-refractivity contribution in [2.24, 2.45) is 0 Å². The van der Waals surface area contributed by atoms with E-state index in [1.807, 2.05) is 38.1 Å². The van der Waals surface area contributed by atoms with Crippen LogP contribution in [0.1, 0.15) is 22.8 Å². The van der Waals surface area contributed by atoms with Crippen molar-refractivity contribution in [2.75, 3.05) is 24.2 Å². The fraction of sp³-hybridized carbons (Fsp3) is 0.278. The maximum atomic E-state index is 12.6. The Balaban J connectivity index is 1.90. The lowest BCUT2D eigenvalue weighted by Gasteiger charge is -2.16. The maximum Gasteiger partial charge on any atom is 0.256 e. The van der Waals surface area contributed by atoms with E-state index in [2.05, 4.69) is 26.0 Å². The summed E-state index contributed by atoms with van der Waals surface area (Å²) in [6, 6.07) is 7.74. The van der Waals surface area contributed by atoms with E-state index in [0.717, 1.165) is 22.8 Å². The summed E-state index contributed by atoms with van der Waals surface area (Å²) >= 11 is 0. The number of nitrogens with one attached hydrogen (secondary N) is 3. The zero-order valence-electron chi connectivity index (χ0n) is 14.8. The summed E-state index contributed by atoms with van der Waals surface area (Å²) in [7, 11) is 1.80. The number of aryl methyl sites for hydroxylation is 1. The fourth-order valence-electron chi connectivity index (χ4n) is 3.01. The first-order chi connectivity index (χ1) is 12.5. The molecular weight excluding hydrogens is 332 g/mol. The average Bonchev–Trinajstić information content (AvgIpc) is 3.01. The van der Waals surface area contributed by atoms with E-state index in [1.54, 1.807) is 11.6 Å². The van der Waals surface area contributed by atoms with Crippen molar-refractivity contribution in [1.29, 1.82) is 0 Å². The Morgan fingerprint density at radius 3 is 2.96 bits per heavy atom. The minimum absolute atomic E-state index is 0.177. The summed E-state index contributed by atoms with van der Waals surface area (Å²) < 4.78 is 7.56. The predicted molar refractivity (Wildman–Crippen MR) is 99.4 cm³/mol. The van der Waals surface area contributed by atoms with Gasteiger partial charge in [0.1, 0.15) is 29.1 Å². The van der Waals surface area contributed by atoms with Crippen LogP contribution in [0, 0.1) is 6.92 Å². The Hall–Kier alpha value is -3.29. The minimum Gasteiger partial charge on any atom is -0.489 e. The number of aromatic nitrogens is 3. The van der Waals surface area contributed by atoms with Gasteiger partial charge in [-0.1, -0.05) is 0 Å². The number of amides is 1. The molecule has 0 fully saturated rings. The highest BCUT2D eigenvalue weighted by molar-refractivity contribution is 6.00. The average molecular weight is 352 g/mol. The van der Waals surface area contributed by atoms with Gasteiger partial charge in [0.25, 0.3) is 5.91 Å². The number of fused-ring (bicyclic) bond motifs is 3. The summed E-state index contributed by atoms with van der Waals surface area (Å²) in [6.07, 6.45) is 1.35. The summed E-state index contributed by atoms with van der Waals surface area (Å²) in [5.41, 5.74) is 2.83. The molecule has 3 heterocycles. The van der Waals surface area contributed by atoms with Gasteiger partial charge in [-0.2, -0.15) is 9.61 Å². The summed E-state index contributed by atoms with van der Waals surface area (Å²) in [5.74, 6) is 1.85. The molecular formula is C18H20N6O2. The molecule has 1 amide bonds. The number of hydrogen-bond donors (Lipinski definition) is 3. The largest absolute Gasteiger partial charge is 0.489 e. The lowest BCUT2D eigenvalue weighted by atomic mass is 10.2. The summed E-state index contributed by atoms with van der Waals surface area (Å²) in [6.45, 7) is 4.30. The van der Waals surface area contributed by atoms with Gasteiger partial charge in [0.05, 0.1) is 12.7 Å². The Labute approximate surface area is 150 Å². The number of benzene rings is 1. The molecule has 1 atom stereocenters. The van der Waals surface area contributed by atoms with Gasteiger partial charge in [0, 0.05) is 24.9 Å². The standard InChI is InChI=1S/C18H20N6O2/c1-10-4-12-6-13(5-10)26-11(2)8-20-18(25)14-9-21-24-16(19-3)7-15(22-12)23-17(14)24/h4-7,9,11,19H,8H2,1-3H3,(H,20,25)(H,22,23). The molecule has 1 unspecified atom stereocenters. The zero-order chi connectivity index (χ0) is 18.3. The molecule has 3 N–H and O–H groups in total. The first-order valence-electron chi connectivity index (χ1n) is 8.43. The molecule has 8 nitrogen and oxygen atoms in total. The highest BCUT2D eigenvalue weighted by Crippen LogP contribution is 2.26. The van der Waals surface area contributed by atoms with E-state index >= 15 is 0 Å². The molecule has 0 aliphatic carbocycles. The maximum absolute atomic E-state index is 12.6. The Morgan fingerprint density at radius 2 is 2.15 bits per heavy atom. The van der Waals surface area contributed by atoms with Gasteiger partial charge in [-0.25, -0.2) is 4.98 Å². The SMILES string of the molecule is CNc1cc2nc3c(cnn13)C(=O)NCC(C)Oc1cc(C)cc(c1)N2. The molecule has 0 saturated heterocycles. The molecule has 134 valence electrons. The van der Waals surface area contributed by atoms with Gasteiger partial charge >= 0.3 is 0 Å². The molecule has 3 aromatic rings. The van der Waals surface area contributed by atoms with Gasteiger partial charge < -0.3 is 20.7 Å². The predicted octanol–water partition coefficient (Wildman–Crippen LogP) is 2.33. The van der Waals surface area contributed by atoms with Crippen LogP contribution < -0.4 is 20.7 Å². The molecule has 2 aromatic heterocycles. The third kappa shape index (κ3) is 2.90. The molecule has 4 bridgehead atoms. The van der Waals surface area contributed by atoms with Crippen molar-refractivity contribution in [3.05, 3.63) is 41.6 Å². The van der Waals surface area contributed by atoms with E-state index in [4.69, 9.17) is 4.74 Å². The second-order valence-electron chi connectivity index (χ2n) is 6.37. The van der Waals surface area contributed by atoms with Crippen LogP contribution in [0.25, 0.3) is 5.65 Å². The molecule has 8 heteroatoms. The lowest BCUT2D eigenvalue weighted by Crippen LogP contribution is -2.33. The van der Waals surface area contributed by atoms with Crippen LogP contribution in [0.15, 0.2) is 30.5 Å². The first-order valence-corrected chi connectivity index (χ1v) is 8.43. The van der Waals surface area contributed by atoms with E-state index in [1.165, 1.54) is 6.20 Å². The van der Waals surface area contributed by atoms with Gasteiger partial charge in [0.2, 0.25) is 0 Å². The highest BCUT2D eigenvalue weighted by atomic mass is 16.5. The molecule has 4 rings (SSSR count). The summed E-state index contributed by atoms with van der Waals surface area (Å²) in [5, 5.41) is 13.6. The fourth-order valence-corrected chi connectivity index (χ4v) is 3.01. The van der Waals surface area contributed by atoms with Crippen molar-refractivity contribution in [3.63, 3.8) is 0 Å². The van der Waals surface area contributed by atoms with Crippen molar-refractivity contribution in [1.82, 2.24) is 19.9 Å². The van der Waals surface area contributed by atoms with E-state index in [9.17, 15) is 4.79 Å². The third-order valence-corrected chi connectivity index (χ3v) is 4.18. The van der Waals surface area contributed by atoms with Gasteiger partial charge in [-0.3, -0.25) is 4.79 Å². The summed E-state index contributed by atoms with van der Waals surface area (Å²) in [4.78, 5) is 17.2. The second kappa shape index (κ2) is 6.21. The molecule has 26 heavy (non-hydrogen) atoms. The van der Waals surface area contributed by atoms with Crippen LogP contribution in [-0.2, 0) is 0 Å². The second-order valence-corrected chi connectivity index (χ2v) is 6.37. The molecule has 0 radical (unpaired) electrons. The van der Waals surface area contributed by atoms with Crippen LogP contribution in [0.3, 0.4) is 0 Å². The van der Waals surface area contributed by atoms with Gasteiger partial charge in [-0.05, 0) is 31.5 Å². The lowest BCUT2D eigenvalue weighted by molar-refractivity contribution is 0.0933. The molecule has 1 aliphatic heterocycles. The van der Waals surface area contributed by atoms with Crippen molar-refractivity contribution in [3.8, 4) is 5.75 Å². The van der Waals surface area contributed by atoms with Crippen LogP contribution in [-0.4, -0.2) is 40.2 Å². The van der Waals surface area contributed by atoms with Crippen LogP contribution in [0.4, 0.5) is 17.3 Å². The Morgan fingerprint density at radius 1 is 1.31 bits per heavy atom. The quantitative estimate of drug-likeness (QED) is 0.622. The normalized spacial score (nSPS) is 16.7. The Kier molecular flexibility index (Phi) is 3.87. The monoisotopic (exact) mass is 352 g/mol. The highest BCUT2D eigenvalue weighted by Gasteiger charge is 2.19. The van der Waals surface area contributed by atoms with Crippen molar-refractivity contribution >= 4 is 28.9 Å². The number of hydrogen-bond acceptors (Lipinski definition) is 6. The topological polar surface area (TPSA) is 92.6 Å². The number of rotatable bonds is 1. The minimum atomic E-state index is -0.232.